The Hall–Kier alpha value is -0.240. The van der Waals surface area contributed by atoms with Crippen molar-refractivity contribution in [3.05, 3.63) is 0 Å². The highest BCUT2D eigenvalue weighted by Crippen LogP contribution is 2.20. The number of aliphatic hydroxyl groups is 4. The normalized spacial score (nSPS) is 36.6. The molecule has 5 atom stereocenters. The van der Waals surface area contributed by atoms with Crippen molar-refractivity contribution in [1.82, 2.24) is 5.32 Å². The van der Waals surface area contributed by atoms with Gasteiger partial charge in [0, 0.05) is 12.6 Å². The van der Waals surface area contributed by atoms with Crippen LogP contribution in [0.4, 0.5) is 0 Å². The van der Waals surface area contributed by atoms with Gasteiger partial charge in [-0.1, -0.05) is 6.92 Å². The van der Waals surface area contributed by atoms with E-state index in [1.807, 2.05) is 6.92 Å². The molecule has 6 heteroatoms. The zero-order valence-corrected chi connectivity index (χ0v) is 9.41. The van der Waals surface area contributed by atoms with Gasteiger partial charge < -0.3 is 30.5 Å². The molecule has 0 unspecified atom stereocenters. The first-order valence-corrected chi connectivity index (χ1v) is 5.60. The number of aliphatic hydroxyl groups excluding tert-OH is 4. The summed E-state index contributed by atoms with van der Waals surface area (Å²) < 4.78 is 5.28. The molecule has 1 heterocycles. The van der Waals surface area contributed by atoms with E-state index in [4.69, 9.17) is 14.9 Å². The molecule has 0 radical (unpaired) electrons. The van der Waals surface area contributed by atoms with Gasteiger partial charge in [-0.25, -0.2) is 0 Å². The summed E-state index contributed by atoms with van der Waals surface area (Å²) in [7, 11) is 0. The van der Waals surface area contributed by atoms with Crippen molar-refractivity contribution in [1.29, 1.82) is 0 Å². The predicted octanol–water partition coefficient (Wildman–Crippen LogP) is -2.17. The number of rotatable bonds is 6. The molecule has 1 saturated heterocycles. The molecule has 6 nitrogen and oxygen atoms in total. The minimum Gasteiger partial charge on any atom is -0.395 e. The first-order valence-electron chi connectivity index (χ1n) is 5.60. The van der Waals surface area contributed by atoms with Gasteiger partial charge in [-0.15, -0.1) is 0 Å². The van der Waals surface area contributed by atoms with E-state index in [1.165, 1.54) is 0 Å². The topological polar surface area (TPSA) is 102 Å². The van der Waals surface area contributed by atoms with E-state index < -0.39 is 24.4 Å². The average Bonchev–Trinajstić information content (AvgIpc) is 2.58. The van der Waals surface area contributed by atoms with Gasteiger partial charge in [0.05, 0.1) is 19.3 Å². The minimum atomic E-state index is -1.05. The van der Waals surface area contributed by atoms with Crippen LogP contribution in [0.1, 0.15) is 13.3 Å². The van der Waals surface area contributed by atoms with Crippen LogP contribution in [0, 0.1) is 0 Å². The highest BCUT2D eigenvalue weighted by atomic mass is 16.6. The smallest absolute Gasteiger partial charge is 0.111 e. The molecule has 0 aliphatic carbocycles. The Morgan fingerprint density at radius 1 is 1.19 bits per heavy atom. The van der Waals surface area contributed by atoms with Gasteiger partial charge in [0.25, 0.3) is 0 Å². The molecule has 1 aliphatic heterocycles. The van der Waals surface area contributed by atoms with E-state index in [0.717, 1.165) is 6.42 Å². The maximum Gasteiger partial charge on any atom is 0.111 e. The van der Waals surface area contributed by atoms with Gasteiger partial charge in [-0.05, 0) is 6.42 Å². The van der Waals surface area contributed by atoms with Crippen LogP contribution < -0.4 is 5.32 Å². The Morgan fingerprint density at radius 3 is 2.25 bits per heavy atom. The molecule has 0 amide bonds. The van der Waals surface area contributed by atoms with Crippen molar-refractivity contribution < 1.29 is 25.2 Å². The fourth-order valence-corrected chi connectivity index (χ4v) is 1.77. The third-order valence-corrected chi connectivity index (χ3v) is 2.96. The van der Waals surface area contributed by atoms with Crippen LogP contribution in [-0.4, -0.2) is 70.6 Å². The third kappa shape index (κ3) is 3.13. The molecule has 0 spiro atoms. The fraction of sp³-hybridized carbons (Fsp3) is 1.00. The summed E-state index contributed by atoms with van der Waals surface area (Å²) in [6.45, 7) is 1.98. The maximum absolute atomic E-state index is 9.63. The lowest BCUT2D eigenvalue weighted by Gasteiger charge is -2.19. The molecule has 1 rings (SSSR count). The van der Waals surface area contributed by atoms with Crippen LogP contribution in [0.15, 0.2) is 0 Å². The van der Waals surface area contributed by atoms with Crippen molar-refractivity contribution >= 4 is 0 Å². The fourth-order valence-electron chi connectivity index (χ4n) is 1.77. The van der Waals surface area contributed by atoms with E-state index in [2.05, 4.69) is 5.32 Å². The molecule has 0 aromatic rings. The quantitative estimate of drug-likeness (QED) is 0.359. The van der Waals surface area contributed by atoms with Crippen molar-refractivity contribution in [3.63, 3.8) is 0 Å². The van der Waals surface area contributed by atoms with E-state index in [0.29, 0.717) is 6.54 Å². The Labute approximate surface area is 94.9 Å². The van der Waals surface area contributed by atoms with Gasteiger partial charge >= 0.3 is 0 Å². The summed E-state index contributed by atoms with van der Waals surface area (Å²) in [4.78, 5) is 0. The molecular weight excluding hydrogens is 214 g/mol. The lowest BCUT2D eigenvalue weighted by atomic mass is 10.1. The first-order chi connectivity index (χ1) is 7.63. The summed E-state index contributed by atoms with van der Waals surface area (Å²) in [5.74, 6) is 0. The van der Waals surface area contributed by atoms with E-state index >= 15 is 0 Å². The average molecular weight is 235 g/mol. The van der Waals surface area contributed by atoms with Gasteiger partial charge in [-0.2, -0.15) is 0 Å². The lowest BCUT2D eigenvalue weighted by Crippen LogP contribution is -2.42. The van der Waals surface area contributed by atoms with Crippen molar-refractivity contribution in [2.24, 2.45) is 0 Å². The second-order valence-electron chi connectivity index (χ2n) is 4.07. The molecule has 16 heavy (non-hydrogen) atoms. The summed E-state index contributed by atoms with van der Waals surface area (Å²) in [6.07, 6.45) is -2.55. The Kier molecular flexibility index (Phi) is 5.60. The molecule has 0 bridgehead atoms. The van der Waals surface area contributed by atoms with Crippen molar-refractivity contribution in [2.45, 2.75) is 43.8 Å². The van der Waals surface area contributed by atoms with Crippen LogP contribution >= 0.6 is 0 Å². The summed E-state index contributed by atoms with van der Waals surface area (Å²) in [6, 6.07) is -0.0406. The largest absolute Gasteiger partial charge is 0.395 e. The molecule has 1 fully saturated rings. The summed E-state index contributed by atoms with van der Waals surface area (Å²) in [5, 5.41) is 40.0. The number of nitrogens with one attached hydrogen (secondary N) is 1. The van der Waals surface area contributed by atoms with Crippen LogP contribution in [0.25, 0.3) is 0 Å². The van der Waals surface area contributed by atoms with Crippen LogP contribution in [0.2, 0.25) is 0 Å². The van der Waals surface area contributed by atoms with E-state index in [-0.39, 0.29) is 19.3 Å². The van der Waals surface area contributed by atoms with Crippen molar-refractivity contribution in [2.75, 3.05) is 19.8 Å². The zero-order valence-electron chi connectivity index (χ0n) is 9.41. The number of hydrogen-bond donors (Lipinski definition) is 5. The van der Waals surface area contributed by atoms with E-state index in [9.17, 15) is 10.2 Å². The highest BCUT2D eigenvalue weighted by molar-refractivity contribution is 4.91. The predicted molar refractivity (Wildman–Crippen MR) is 56.9 cm³/mol. The Morgan fingerprint density at radius 2 is 1.81 bits per heavy atom. The third-order valence-electron chi connectivity index (χ3n) is 2.96. The summed E-state index contributed by atoms with van der Waals surface area (Å²) in [5.41, 5.74) is 0. The Balaban J connectivity index is 2.38. The summed E-state index contributed by atoms with van der Waals surface area (Å²) >= 11 is 0. The first kappa shape index (κ1) is 13.8. The molecule has 1 aliphatic rings. The SMILES string of the molecule is CC[C@H](CO)NC[C@@H]1O[C@H](CO)[C@@H](O)[C@@H]1O. The highest BCUT2D eigenvalue weighted by Gasteiger charge is 2.41. The maximum atomic E-state index is 9.63. The number of hydrogen-bond acceptors (Lipinski definition) is 6. The van der Waals surface area contributed by atoms with E-state index in [1.54, 1.807) is 0 Å². The minimum absolute atomic E-state index is 0.0191. The van der Waals surface area contributed by atoms with Crippen LogP contribution in [-0.2, 0) is 4.74 Å². The standard InChI is InChI=1S/C10H21NO5/c1-2-6(4-12)11-3-7-9(14)10(15)8(5-13)16-7/h6-15H,2-5H2,1H3/t6-,7+,8-,9-,10-/m1/s1. The molecular formula is C10H21NO5. The van der Waals surface area contributed by atoms with Crippen LogP contribution in [0.5, 0.6) is 0 Å². The molecule has 5 N–H and O–H groups in total. The van der Waals surface area contributed by atoms with Gasteiger partial charge in [0.15, 0.2) is 0 Å². The second kappa shape index (κ2) is 6.48. The monoisotopic (exact) mass is 235 g/mol. The Bertz CT molecular complexity index is 200. The molecule has 0 saturated carbocycles. The number of ether oxygens (including phenoxy) is 1. The molecule has 0 aromatic heterocycles. The van der Waals surface area contributed by atoms with Crippen molar-refractivity contribution in [3.8, 4) is 0 Å². The zero-order chi connectivity index (χ0) is 12.1. The van der Waals surface area contributed by atoms with Gasteiger partial charge in [0.1, 0.15) is 18.3 Å². The molecule has 0 aromatic carbocycles. The second-order valence-corrected chi connectivity index (χ2v) is 4.07. The molecule has 96 valence electrons. The van der Waals surface area contributed by atoms with Gasteiger partial charge in [0.2, 0.25) is 0 Å². The van der Waals surface area contributed by atoms with Crippen LogP contribution in [0.3, 0.4) is 0 Å². The lowest BCUT2D eigenvalue weighted by molar-refractivity contribution is -0.0223. The van der Waals surface area contributed by atoms with Gasteiger partial charge in [-0.3, -0.25) is 0 Å².